The first-order chi connectivity index (χ1) is 13.6. The Bertz CT molecular complexity index is 773. The zero-order valence-corrected chi connectivity index (χ0v) is 17.5. The van der Waals surface area contributed by atoms with Crippen molar-refractivity contribution in [2.24, 2.45) is 0 Å². The van der Waals surface area contributed by atoms with E-state index in [0.717, 1.165) is 30.6 Å². The van der Waals surface area contributed by atoms with Crippen molar-refractivity contribution in [3.63, 3.8) is 0 Å². The van der Waals surface area contributed by atoms with E-state index in [2.05, 4.69) is 5.32 Å². The van der Waals surface area contributed by atoms with E-state index in [1.807, 2.05) is 17.5 Å². The Labute approximate surface area is 174 Å². The number of rotatable bonds is 7. The molecule has 1 N–H and O–H groups in total. The van der Waals surface area contributed by atoms with E-state index in [4.69, 9.17) is 16.3 Å². The monoisotopic (exact) mass is 420 g/mol. The Kier molecular flexibility index (Phi) is 7.34. The second kappa shape index (κ2) is 9.94. The molecule has 7 heteroatoms. The van der Waals surface area contributed by atoms with Gasteiger partial charge in [0.25, 0.3) is 0 Å². The van der Waals surface area contributed by atoms with Gasteiger partial charge in [0.05, 0.1) is 7.11 Å². The van der Waals surface area contributed by atoms with Gasteiger partial charge in [0, 0.05) is 16.6 Å². The number of hydrogen-bond acceptors (Lipinski definition) is 4. The van der Waals surface area contributed by atoms with Crippen LogP contribution in [-0.2, 0) is 9.59 Å². The molecule has 0 unspecified atom stereocenters. The first-order valence-electron chi connectivity index (χ1n) is 9.50. The zero-order valence-electron chi connectivity index (χ0n) is 15.9. The minimum atomic E-state index is -0.749. The van der Waals surface area contributed by atoms with Gasteiger partial charge in [0.15, 0.2) is 0 Å². The van der Waals surface area contributed by atoms with Crippen molar-refractivity contribution >= 4 is 40.4 Å². The number of alkyl halides is 1. The quantitative estimate of drug-likeness (QED) is 0.670. The van der Waals surface area contributed by atoms with Crippen molar-refractivity contribution in [2.45, 2.75) is 44.2 Å². The molecule has 1 fully saturated rings. The van der Waals surface area contributed by atoms with Gasteiger partial charge in [-0.15, -0.1) is 22.9 Å². The van der Waals surface area contributed by atoms with Crippen LogP contribution in [0.5, 0.6) is 5.75 Å². The number of ether oxygens (including phenoxy) is 1. The smallest absolute Gasteiger partial charge is 0.248 e. The molecule has 0 radical (unpaired) electrons. The Morgan fingerprint density at radius 3 is 2.50 bits per heavy atom. The van der Waals surface area contributed by atoms with Crippen LogP contribution in [0.1, 0.15) is 43.0 Å². The summed E-state index contributed by atoms with van der Waals surface area (Å²) in [5.74, 6) is -0.000965. The normalized spacial score (nSPS) is 15.6. The topological polar surface area (TPSA) is 58.6 Å². The summed E-state index contributed by atoms with van der Waals surface area (Å²) in [6.45, 7) is 0. The molecule has 0 aliphatic heterocycles. The molecular formula is C21H25ClN2O3S. The molecule has 1 aromatic carbocycles. The van der Waals surface area contributed by atoms with E-state index in [-0.39, 0.29) is 23.7 Å². The third kappa shape index (κ3) is 4.86. The number of carbonyl (C=O) groups excluding carboxylic acids is 2. The van der Waals surface area contributed by atoms with E-state index in [1.165, 1.54) is 22.7 Å². The third-order valence-electron chi connectivity index (χ3n) is 5.00. The van der Waals surface area contributed by atoms with Crippen LogP contribution in [0.4, 0.5) is 5.69 Å². The fourth-order valence-corrected chi connectivity index (χ4v) is 4.53. The van der Waals surface area contributed by atoms with Crippen molar-refractivity contribution in [3.05, 3.63) is 46.7 Å². The summed E-state index contributed by atoms with van der Waals surface area (Å²) in [5.41, 5.74) is 0.614. The first kappa shape index (κ1) is 20.7. The lowest BCUT2D eigenvalue weighted by atomic mass is 9.95. The molecule has 28 heavy (non-hydrogen) atoms. The van der Waals surface area contributed by atoms with E-state index >= 15 is 0 Å². The molecule has 1 aliphatic carbocycles. The molecule has 1 heterocycles. The molecule has 0 saturated heterocycles. The molecule has 0 spiro atoms. The van der Waals surface area contributed by atoms with Crippen LogP contribution in [0.25, 0.3) is 0 Å². The second-order valence-corrected chi connectivity index (χ2v) is 8.10. The van der Waals surface area contributed by atoms with Crippen LogP contribution in [0.3, 0.4) is 0 Å². The highest BCUT2D eigenvalue weighted by molar-refractivity contribution is 7.10. The van der Waals surface area contributed by atoms with Crippen LogP contribution in [0.15, 0.2) is 41.8 Å². The molecule has 1 aliphatic rings. The number of amides is 2. The molecule has 0 bridgehead atoms. The number of nitrogens with zero attached hydrogens (tertiary/aromatic N) is 1. The molecule has 3 rings (SSSR count). The Morgan fingerprint density at radius 1 is 1.21 bits per heavy atom. The third-order valence-corrected chi connectivity index (χ3v) is 6.16. The van der Waals surface area contributed by atoms with Crippen LogP contribution < -0.4 is 15.0 Å². The average molecular weight is 421 g/mol. The van der Waals surface area contributed by atoms with Gasteiger partial charge in [-0.25, -0.2) is 0 Å². The summed E-state index contributed by atoms with van der Waals surface area (Å²) in [5, 5.41) is 5.08. The molecule has 1 aromatic heterocycles. The van der Waals surface area contributed by atoms with E-state index < -0.39 is 6.04 Å². The summed E-state index contributed by atoms with van der Waals surface area (Å²) in [7, 11) is 1.59. The Hall–Kier alpha value is -2.05. The van der Waals surface area contributed by atoms with Gasteiger partial charge >= 0.3 is 0 Å². The van der Waals surface area contributed by atoms with E-state index in [1.54, 1.807) is 31.4 Å². The number of carbonyl (C=O) groups is 2. The Morgan fingerprint density at radius 2 is 1.93 bits per heavy atom. The van der Waals surface area contributed by atoms with Gasteiger partial charge in [-0.05, 0) is 48.6 Å². The van der Waals surface area contributed by atoms with Crippen LogP contribution in [0.2, 0.25) is 0 Å². The lowest BCUT2D eigenvalue weighted by Gasteiger charge is -2.32. The van der Waals surface area contributed by atoms with Crippen LogP contribution in [0, 0.1) is 0 Å². The van der Waals surface area contributed by atoms with Crippen molar-refractivity contribution < 1.29 is 14.3 Å². The molecule has 150 valence electrons. The average Bonchev–Trinajstić information content (AvgIpc) is 3.26. The van der Waals surface area contributed by atoms with Crippen molar-refractivity contribution in [1.82, 2.24) is 5.32 Å². The largest absolute Gasteiger partial charge is 0.497 e. The molecule has 2 aromatic rings. The van der Waals surface area contributed by atoms with Crippen LogP contribution >= 0.6 is 22.9 Å². The van der Waals surface area contributed by atoms with Crippen LogP contribution in [-0.4, -0.2) is 30.8 Å². The van der Waals surface area contributed by atoms with Gasteiger partial charge in [-0.1, -0.05) is 25.3 Å². The predicted octanol–water partition coefficient (Wildman–Crippen LogP) is 4.52. The van der Waals surface area contributed by atoms with Gasteiger partial charge in [0.1, 0.15) is 17.7 Å². The summed E-state index contributed by atoms with van der Waals surface area (Å²) >= 11 is 7.37. The van der Waals surface area contributed by atoms with Gasteiger partial charge < -0.3 is 10.1 Å². The highest BCUT2D eigenvalue weighted by Crippen LogP contribution is 2.32. The maximum atomic E-state index is 13.3. The minimum Gasteiger partial charge on any atom is -0.497 e. The fourth-order valence-electron chi connectivity index (χ4n) is 3.59. The SMILES string of the molecule is COc1ccc(N(C(=O)CCl)[C@@H](C(=O)NC2CCCCC2)c2cccs2)cc1. The van der Waals surface area contributed by atoms with Gasteiger partial charge in [-0.2, -0.15) is 0 Å². The fraction of sp³-hybridized carbons (Fsp3) is 0.429. The lowest BCUT2D eigenvalue weighted by Crippen LogP contribution is -2.47. The predicted molar refractivity (Wildman–Crippen MR) is 113 cm³/mol. The van der Waals surface area contributed by atoms with E-state index in [0.29, 0.717) is 11.4 Å². The van der Waals surface area contributed by atoms with Crippen molar-refractivity contribution in [1.29, 1.82) is 0 Å². The maximum absolute atomic E-state index is 13.3. The molecule has 1 saturated carbocycles. The number of nitrogens with one attached hydrogen (secondary N) is 1. The molecule has 5 nitrogen and oxygen atoms in total. The minimum absolute atomic E-state index is 0.160. The summed E-state index contributed by atoms with van der Waals surface area (Å²) < 4.78 is 5.21. The number of benzene rings is 1. The highest BCUT2D eigenvalue weighted by Gasteiger charge is 2.34. The summed E-state index contributed by atoms with van der Waals surface area (Å²) in [4.78, 5) is 28.4. The molecular weight excluding hydrogens is 396 g/mol. The number of hydrogen-bond donors (Lipinski definition) is 1. The van der Waals surface area contributed by atoms with E-state index in [9.17, 15) is 9.59 Å². The zero-order chi connectivity index (χ0) is 19.9. The second-order valence-electron chi connectivity index (χ2n) is 6.86. The van der Waals surface area contributed by atoms with Gasteiger partial charge in [-0.3, -0.25) is 14.5 Å². The number of halogens is 1. The summed E-state index contributed by atoms with van der Waals surface area (Å²) in [6, 6.07) is 10.3. The van der Waals surface area contributed by atoms with Crippen molar-refractivity contribution in [3.8, 4) is 5.75 Å². The number of methoxy groups -OCH3 is 1. The number of thiophene rings is 1. The number of anilines is 1. The standard InChI is InChI=1S/C21H25ClN2O3S/c1-27-17-11-9-16(10-12-17)24(19(25)14-22)20(18-8-5-13-28-18)21(26)23-15-6-3-2-4-7-15/h5,8-13,15,20H,2-4,6-7,14H2,1H3,(H,23,26)/t20-/m1/s1. The molecule has 1 atom stereocenters. The van der Waals surface area contributed by atoms with Crippen molar-refractivity contribution in [2.75, 3.05) is 17.9 Å². The first-order valence-corrected chi connectivity index (χ1v) is 10.9. The highest BCUT2D eigenvalue weighted by atomic mass is 35.5. The summed E-state index contributed by atoms with van der Waals surface area (Å²) in [6.07, 6.45) is 5.42. The Balaban J connectivity index is 1.94. The van der Waals surface area contributed by atoms with Gasteiger partial charge in [0.2, 0.25) is 11.8 Å². The maximum Gasteiger partial charge on any atom is 0.248 e. The molecule has 2 amide bonds. The lowest BCUT2D eigenvalue weighted by molar-refractivity contribution is -0.126.